The minimum Gasteiger partial charge on any atom is -0.461 e. The molecular weight excluding hydrogens is 314 g/mol. The Balaban J connectivity index is 2.92. The summed E-state index contributed by atoms with van der Waals surface area (Å²) in [6.07, 6.45) is 0. The average Bonchev–Trinajstić information content (AvgIpc) is 2.47. The SMILES string of the molecule is CCOC(=O)/C(=N\Nc1ccccc1Cl)C(=O)CSC#N. The zero-order chi connectivity index (χ0) is 15.7. The van der Waals surface area contributed by atoms with Gasteiger partial charge in [-0.25, -0.2) is 4.79 Å². The third-order valence-corrected chi connectivity index (χ3v) is 3.03. The van der Waals surface area contributed by atoms with E-state index < -0.39 is 17.5 Å². The standard InChI is InChI=1S/C13H12ClN3O3S/c1-2-20-13(19)12(11(18)7-21-8-15)17-16-10-6-4-3-5-9(10)14/h3-6,16H,2,7H2,1H3/b17-12-. The molecule has 0 aliphatic rings. The third-order valence-electron chi connectivity index (χ3n) is 2.16. The lowest BCUT2D eigenvalue weighted by Gasteiger charge is -2.06. The lowest BCUT2D eigenvalue weighted by atomic mass is 10.3. The number of nitrogens with zero attached hydrogens (tertiary/aromatic N) is 2. The number of ketones is 1. The van der Waals surface area contributed by atoms with E-state index in [4.69, 9.17) is 21.6 Å². The lowest BCUT2D eigenvalue weighted by Crippen LogP contribution is -2.29. The van der Waals surface area contributed by atoms with Gasteiger partial charge in [0, 0.05) is 0 Å². The van der Waals surface area contributed by atoms with Crippen molar-refractivity contribution >= 4 is 46.5 Å². The Morgan fingerprint density at radius 3 is 2.81 bits per heavy atom. The maximum atomic E-state index is 11.8. The number of carbonyl (C=O) groups is 2. The summed E-state index contributed by atoms with van der Waals surface area (Å²) in [5.41, 5.74) is 2.59. The molecule has 0 saturated heterocycles. The van der Waals surface area contributed by atoms with Gasteiger partial charge in [0.05, 0.1) is 23.1 Å². The summed E-state index contributed by atoms with van der Waals surface area (Å²) < 4.78 is 4.77. The van der Waals surface area contributed by atoms with Crippen LogP contribution >= 0.6 is 23.4 Å². The number of para-hydroxylation sites is 1. The van der Waals surface area contributed by atoms with Gasteiger partial charge in [0.2, 0.25) is 11.5 Å². The van der Waals surface area contributed by atoms with Crippen LogP contribution in [0.15, 0.2) is 29.4 Å². The zero-order valence-electron chi connectivity index (χ0n) is 11.1. The van der Waals surface area contributed by atoms with Gasteiger partial charge in [0.25, 0.3) is 0 Å². The van der Waals surface area contributed by atoms with Crippen LogP contribution in [0.3, 0.4) is 0 Å². The molecule has 0 amide bonds. The van der Waals surface area contributed by atoms with Crippen molar-refractivity contribution in [2.45, 2.75) is 6.92 Å². The summed E-state index contributed by atoms with van der Waals surface area (Å²) in [4.78, 5) is 23.6. The van der Waals surface area contributed by atoms with Gasteiger partial charge in [0.1, 0.15) is 5.40 Å². The number of thioether (sulfide) groups is 1. The number of thiocyanates is 1. The first-order chi connectivity index (χ1) is 10.1. The molecule has 0 bridgehead atoms. The van der Waals surface area contributed by atoms with E-state index in [0.717, 1.165) is 11.8 Å². The molecule has 0 heterocycles. The first-order valence-electron chi connectivity index (χ1n) is 5.89. The smallest absolute Gasteiger partial charge is 0.362 e. The molecule has 1 aromatic rings. The number of esters is 1. The first-order valence-corrected chi connectivity index (χ1v) is 7.26. The molecule has 0 unspecified atom stereocenters. The number of Topliss-reactive ketones (excluding diaryl/α,β-unsaturated/α-hetero) is 1. The van der Waals surface area contributed by atoms with Crippen LogP contribution in [-0.4, -0.2) is 29.8 Å². The quantitative estimate of drug-likeness (QED) is 0.272. The summed E-state index contributed by atoms with van der Waals surface area (Å²) in [6, 6.07) is 6.74. The number of hydrazone groups is 1. The number of benzene rings is 1. The fourth-order valence-corrected chi connectivity index (χ4v) is 1.77. The molecule has 21 heavy (non-hydrogen) atoms. The molecule has 0 aromatic heterocycles. The predicted octanol–water partition coefficient (Wildman–Crippen LogP) is 2.45. The number of hydrogen-bond donors (Lipinski definition) is 1. The lowest BCUT2D eigenvalue weighted by molar-refractivity contribution is -0.135. The van der Waals surface area contributed by atoms with E-state index in [9.17, 15) is 9.59 Å². The topological polar surface area (TPSA) is 91.5 Å². The van der Waals surface area contributed by atoms with Crippen LogP contribution in [-0.2, 0) is 14.3 Å². The fourth-order valence-electron chi connectivity index (χ4n) is 1.26. The molecule has 1 aromatic carbocycles. The van der Waals surface area contributed by atoms with E-state index in [1.54, 1.807) is 36.6 Å². The second-order valence-corrected chi connectivity index (χ2v) is 4.74. The molecular formula is C13H12ClN3O3S. The predicted molar refractivity (Wildman–Crippen MR) is 82.2 cm³/mol. The fraction of sp³-hybridized carbons (Fsp3) is 0.231. The summed E-state index contributed by atoms with van der Waals surface area (Å²) in [7, 11) is 0. The monoisotopic (exact) mass is 325 g/mol. The Bertz CT molecular complexity index is 599. The van der Waals surface area contributed by atoms with Crippen LogP contribution in [0.2, 0.25) is 5.02 Å². The highest BCUT2D eigenvalue weighted by Crippen LogP contribution is 2.20. The molecule has 0 radical (unpaired) electrons. The second-order valence-electron chi connectivity index (χ2n) is 3.58. The van der Waals surface area contributed by atoms with E-state index in [2.05, 4.69) is 10.5 Å². The van der Waals surface area contributed by atoms with Gasteiger partial charge in [-0.2, -0.15) is 10.4 Å². The van der Waals surface area contributed by atoms with E-state index in [0.29, 0.717) is 10.7 Å². The van der Waals surface area contributed by atoms with Crippen molar-refractivity contribution in [3.8, 4) is 5.40 Å². The molecule has 0 aliphatic carbocycles. The van der Waals surface area contributed by atoms with Crippen LogP contribution in [0.5, 0.6) is 0 Å². The highest BCUT2D eigenvalue weighted by Gasteiger charge is 2.22. The Hall–Kier alpha value is -2.04. The maximum absolute atomic E-state index is 11.8. The van der Waals surface area contributed by atoms with Crippen molar-refractivity contribution in [3.05, 3.63) is 29.3 Å². The number of nitrogens with one attached hydrogen (secondary N) is 1. The molecule has 0 atom stereocenters. The summed E-state index contributed by atoms with van der Waals surface area (Å²) in [6.45, 7) is 1.73. The van der Waals surface area contributed by atoms with Crippen LogP contribution in [0, 0.1) is 10.7 Å². The van der Waals surface area contributed by atoms with Crippen LogP contribution < -0.4 is 5.43 Å². The molecule has 1 rings (SSSR count). The van der Waals surface area contributed by atoms with Gasteiger partial charge in [-0.15, -0.1) is 0 Å². The third kappa shape index (κ3) is 5.45. The molecule has 8 heteroatoms. The maximum Gasteiger partial charge on any atom is 0.362 e. The van der Waals surface area contributed by atoms with Crippen LogP contribution in [0.4, 0.5) is 5.69 Å². The minimum absolute atomic E-state index is 0.114. The number of halogens is 1. The molecule has 0 aliphatic heterocycles. The van der Waals surface area contributed by atoms with Gasteiger partial charge in [-0.05, 0) is 30.8 Å². The van der Waals surface area contributed by atoms with E-state index in [1.165, 1.54) is 0 Å². The summed E-state index contributed by atoms with van der Waals surface area (Å²) in [5, 5.41) is 14.4. The molecule has 6 nitrogen and oxygen atoms in total. The Morgan fingerprint density at radius 1 is 1.48 bits per heavy atom. The second kappa shape index (κ2) is 9.00. The van der Waals surface area contributed by atoms with Gasteiger partial charge in [-0.1, -0.05) is 23.7 Å². The van der Waals surface area contributed by atoms with Crippen molar-refractivity contribution < 1.29 is 14.3 Å². The summed E-state index contributed by atoms with van der Waals surface area (Å²) in [5.74, 6) is -1.63. The molecule has 0 fully saturated rings. The normalized spacial score (nSPS) is 10.6. The molecule has 0 saturated carbocycles. The Labute approximate surface area is 131 Å². The molecule has 110 valence electrons. The Morgan fingerprint density at radius 2 is 2.19 bits per heavy atom. The van der Waals surface area contributed by atoms with Gasteiger partial charge < -0.3 is 4.74 Å². The highest BCUT2D eigenvalue weighted by atomic mass is 35.5. The first kappa shape index (κ1) is 17.0. The van der Waals surface area contributed by atoms with E-state index >= 15 is 0 Å². The summed E-state index contributed by atoms with van der Waals surface area (Å²) >= 11 is 6.65. The number of carbonyl (C=O) groups excluding carboxylic acids is 2. The number of rotatable bonds is 7. The highest BCUT2D eigenvalue weighted by molar-refractivity contribution is 8.04. The molecule has 1 N–H and O–H groups in total. The van der Waals surface area contributed by atoms with Crippen molar-refractivity contribution in [3.63, 3.8) is 0 Å². The number of nitriles is 1. The van der Waals surface area contributed by atoms with E-state index in [-0.39, 0.29) is 12.4 Å². The van der Waals surface area contributed by atoms with Crippen molar-refractivity contribution in [1.82, 2.24) is 0 Å². The van der Waals surface area contributed by atoms with Crippen LogP contribution in [0.1, 0.15) is 6.92 Å². The Kier molecular flexibility index (Phi) is 7.29. The average molecular weight is 326 g/mol. The molecule has 0 spiro atoms. The van der Waals surface area contributed by atoms with E-state index in [1.807, 2.05) is 0 Å². The van der Waals surface area contributed by atoms with Crippen molar-refractivity contribution in [1.29, 1.82) is 5.26 Å². The largest absolute Gasteiger partial charge is 0.461 e. The number of ether oxygens (including phenoxy) is 1. The zero-order valence-corrected chi connectivity index (χ0v) is 12.7. The minimum atomic E-state index is -0.847. The van der Waals surface area contributed by atoms with Crippen LogP contribution in [0.25, 0.3) is 0 Å². The van der Waals surface area contributed by atoms with Gasteiger partial charge in [0.15, 0.2) is 0 Å². The van der Waals surface area contributed by atoms with Crippen molar-refractivity contribution in [2.75, 3.05) is 17.8 Å². The van der Waals surface area contributed by atoms with Gasteiger partial charge >= 0.3 is 5.97 Å². The number of hydrogen-bond acceptors (Lipinski definition) is 7. The number of anilines is 1. The van der Waals surface area contributed by atoms with Gasteiger partial charge in [-0.3, -0.25) is 10.2 Å². The van der Waals surface area contributed by atoms with Crippen molar-refractivity contribution in [2.24, 2.45) is 5.10 Å².